The largest absolute Gasteiger partial charge is 0.312 e. The Bertz CT molecular complexity index is 403. The van der Waals surface area contributed by atoms with Gasteiger partial charge in [0, 0.05) is 18.7 Å². The predicted molar refractivity (Wildman–Crippen MR) is 71.3 cm³/mol. The molecule has 1 N–H and O–H groups in total. The summed E-state index contributed by atoms with van der Waals surface area (Å²) < 4.78 is 0. The minimum Gasteiger partial charge on any atom is -0.312 e. The summed E-state index contributed by atoms with van der Waals surface area (Å²) in [5, 5.41) is 14.0. The highest BCUT2D eigenvalue weighted by Crippen LogP contribution is 2.30. The standard InChI is InChI=1S/C14H20N2O2/c1-11-3-2-4-13(11)10-15-9-12-5-7-14(8-6-12)16(17)18/h5-8,11,13,15H,2-4,9-10H2,1H3. The summed E-state index contributed by atoms with van der Waals surface area (Å²) in [7, 11) is 0. The van der Waals surface area contributed by atoms with Gasteiger partial charge in [0.1, 0.15) is 0 Å². The molecule has 1 aromatic carbocycles. The zero-order chi connectivity index (χ0) is 13.0. The van der Waals surface area contributed by atoms with Crippen LogP contribution in [-0.2, 0) is 6.54 Å². The third kappa shape index (κ3) is 3.29. The topological polar surface area (TPSA) is 55.2 Å². The van der Waals surface area contributed by atoms with Crippen LogP contribution in [0.4, 0.5) is 5.69 Å². The summed E-state index contributed by atoms with van der Waals surface area (Å²) in [5.41, 5.74) is 1.26. The Morgan fingerprint density at radius 3 is 2.61 bits per heavy atom. The summed E-state index contributed by atoms with van der Waals surface area (Å²) >= 11 is 0. The number of rotatable bonds is 5. The third-order valence-electron chi connectivity index (χ3n) is 3.92. The van der Waals surface area contributed by atoms with Crippen LogP contribution in [0.15, 0.2) is 24.3 Å². The summed E-state index contributed by atoms with van der Waals surface area (Å²) in [5.74, 6) is 1.62. The first-order valence-corrected chi connectivity index (χ1v) is 6.61. The van der Waals surface area contributed by atoms with Gasteiger partial charge >= 0.3 is 0 Å². The minimum absolute atomic E-state index is 0.156. The average Bonchev–Trinajstić information content (AvgIpc) is 2.76. The molecule has 0 aromatic heterocycles. The van der Waals surface area contributed by atoms with Crippen LogP contribution in [0.25, 0.3) is 0 Å². The van der Waals surface area contributed by atoms with Crippen molar-refractivity contribution in [2.75, 3.05) is 6.54 Å². The summed E-state index contributed by atoms with van der Waals surface area (Å²) in [6.07, 6.45) is 4.03. The Labute approximate surface area is 108 Å². The molecule has 98 valence electrons. The third-order valence-corrected chi connectivity index (χ3v) is 3.92. The molecule has 0 spiro atoms. The number of benzene rings is 1. The van der Waals surface area contributed by atoms with E-state index in [1.807, 2.05) is 12.1 Å². The molecule has 0 amide bonds. The highest BCUT2D eigenvalue weighted by atomic mass is 16.6. The first-order chi connectivity index (χ1) is 8.66. The van der Waals surface area contributed by atoms with Crippen LogP contribution in [0.3, 0.4) is 0 Å². The lowest BCUT2D eigenvalue weighted by molar-refractivity contribution is -0.384. The molecular weight excluding hydrogens is 228 g/mol. The molecule has 0 saturated heterocycles. The van der Waals surface area contributed by atoms with Crippen LogP contribution < -0.4 is 5.32 Å². The summed E-state index contributed by atoms with van der Waals surface area (Å²) in [6, 6.07) is 6.77. The number of nitro benzene ring substituents is 1. The van der Waals surface area contributed by atoms with Crippen molar-refractivity contribution >= 4 is 5.69 Å². The summed E-state index contributed by atoms with van der Waals surface area (Å²) in [4.78, 5) is 10.2. The van der Waals surface area contributed by atoms with Gasteiger partial charge in [-0.1, -0.05) is 31.9 Å². The molecule has 0 heterocycles. The fourth-order valence-corrected chi connectivity index (χ4v) is 2.66. The van der Waals surface area contributed by atoms with Crippen LogP contribution in [0.2, 0.25) is 0 Å². The molecule has 0 radical (unpaired) electrons. The minimum atomic E-state index is -0.364. The van der Waals surface area contributed by atoms with E-state index >= 15 is 0 Å². The maximum atomic E-state index is 10.5. The molecule has 1 aromatic rings. The van der Waals surface area contributed by atoms with Gasteiger partial charge in [-0.3, -0.25) is 10.1 Å². The molecule has 2 unspecified atom stereocenters. The van der Waals surface area contributed by atoms with E-state index in [0.29, 0.717) is 0 Å². The molecule has 18 heavy (non-hydrogen) atoms. The lowest BCUT2D eigenvalue weighted by Crippen LogP contribution is -2.23. The highest BCUT2D eigenvalue weighted by molar-refractivity contribution is 5.32. The van der Waals surface area contributed by atoms with Gasteiger partial charge in [-0.25, -0.2) is 0 Å². The van der Waals surface area contributed by atoms with E-state index in [9.17, 15) is 10.1 Å². The molecule has 1 saturated carbocycles. The van der Waals surface area contributed by atoms with E-state index in [-0.39, 0.29) is 10.6 Å². The second-order valence-electron chi connectivity index (χ2n) is 5.22. The first kappa shape index (κ1) is 13.0. The number of nitrogens with one attached hydrogen (secondary N) is 1. The van der Waals surface area contributed by atoms with Crippen molar-refractivity contribution in [3.63, 3.8) is 0 Å². The molecule has 1 fully saturated rings. The average molecular weight is 248 g/mol. The van der Waals surface area contributed by atoms with E-state index < -0.39 is 0 Å². The van der Waals surface area contributed by atoms with Gasteiger partial charge in [0.15, 0.2) is 0 Å². The van der Waals surface area contributed by atoms with E-state index in [4.69, 9.17) is 0 Å². The Morgan fingerprint density at radius 1 is 1.33 bits per heavy atom. The van der Waals surface area contributed by atoms with Crippen molar-refractivity contribution in [3.05, 3.63) is 39.9 Å². The predicted octanol–water partition coefficient (Wildman–Crippen LogP) is 3.12. The van der Waals surface area contributed by atoms with E-state index in [1.54, 1.807) is 12.1 Å². The van der Waals surface area contributed by atoms with Gasteiger partial charge in [-0.15, -0.1) is 0 Å². The smallest absolute Gasteiger partial charge is 0.269 e. The second-order valence-corrected chi connectivity index (χ2v) is 5.22. The number of nitrogens with zero attached hydrogens (tertiary/aromatic N) is 1. The lowest BCUT2D eigenvalue weighted by Gasteiger charge is -2.15. The van der Waals surface area contributed by atoms with Crippen molar-refractivity contribution < 1.29 is 4.92 Å². The van der Waals surface area contributed by atoms with Gasteiger partial charge in [-0.05, 0) is 30.4 Å². The maximum Gasteiger partial charge on any atom is 0.269 e. The van der Waals surface area contributed by atoms with Gasteiger partial charge in [0.25, 0.3) is 5.69 Å². The molecule has 1 aliphatic rings. The van der Waals surface area contributed by atoms with Crippen molar-refractivity contribution in [2.45, 2.75) is 32.7 Å². The zero-order valence-electron chi connectivity index (χ0n) is 10.8. The number of nitro groups is 1. The monoisotopic (exact) mass is 248 g/mol. The normalized spacial score (nSPS) is 23.2. The maximum absolute atomic E-state index is 10.5. The molecule has 2 atom stereocenters. The van der Waals surface area contributed by atoms with Crippen LogP contribution in [-0.4, -0.2) is 11.5 Å². The molecule has 0 bridgehead atoms. The second kappa shape index (κ2) is 5.96. The fraction of sp³-hybridized carbons (Fsp3) is 0.571. The summed E-state index contributed by atoms with van der Waals surface area (Å²) in [6.45, 7) is 4.17. The fourth-order valence-electron chi connectivity index (χ4n) is 2.66. The van der Waals surface area contributed by atoms with Gasteiger partial charge in [-0.2, -0.15) is 0 Å². The number of hydrogen-bond acceptors (Lipinski definition) is 3. The molecule has 0 aliphatic heterocycles. The van der Waals surface area contributed by atoms with E-state index in [1.165, 1.54) is 19.3 Å². The molecule has 1 aliphatic carbocycles. The lowest BCUT2D eigenvalue weighted by atomic mass is 9.98. The van der Waals surface area contributed by atoms with Gasteiger partial charge in [0.2, 0.25) is 0 Å². The quantitative estimate of drug-likeness (QED) is 0.643. The number of hydrogen-bond donors (Lipinski definition) is 1. The molecular formula is C14H20N2O2. The van der Waals surface area contributed by atoms with Gasteiger partial charge < -0.3 is 5.32 Å². The highest BCUT2D eigenvalue weighted by Gasteiger charge is 2.22. The van der Waals surface area contributed by atoms with Crippen molar-refractivity contribution in [3.8, 4) is 0 Å². The van der Waals surface area contributed by atoms with Gasteiger partial charge in [0.05, 0.1) is 4.92 Å². The molecule has 4 heteroatoms. The Balaban J connectivity index is 1.78. The zero-order valence-corrected chi connectivity index (χ0v) is 10.8. The number of non-ortho nitro benzene ring substituents is 1. The van der Waals surface area contributed by atoms with Crippen LogP contribution in [0.5, 0.6) is 0 Å². The SMILES string of the molecule is CC1CCCC1CNCc1ccc([N+](=O)[O-])cc1. The Morgan fingerprint density at radius 2 is 2.06 bits per heavy atom. The van der Waals surface area contributed by atoms with E-state index in [2.05, 4.69) is 12.2 Å². The first-order valence-electron chi connectivity index (χ1n) is 6.61. The van der Waals surface area contributed by atoms with Crippen molar-refractivity contribution in [2.24, 2.45) is 11.8 Å². The van der Waals surface area contributed by atoms with E-state index in [0.717, 1.165) is 30.5 Å². The van der Waals surface area contributed by atoms with Crippen molar-refractivity contribution in [1.29, 1.82) is 0 Å². The van der Waals surface area contributed by atoms with Crippen LogP contribution in [0.1, 0.15) is 31.7 Å². The molecule has 4 nitrogen and oxygen atoms in total. The van der Waals surface area contributed by atoms with Crippen LogP contribution in [0, 0.1) is 22.0 Å². The van der Waals surface area contributed by atoms with Crippen molar-refractivity contribution in [1.82, 2.24) is 5.32 Å². The van der Waals surface area contributed by atoms with Crippen LogP contribution >= 0.6 is 0 Å². The Hall–Kier alpha value is -1.42. The Kier molecular flexibility index (Phi) is 4.31. The molecule has 2 rings (SSSR count).